The van der Waals surface area contributed by atoms with E-state index in [1.54, 1.807) is 13.0 Å². The monoisotopic (exact) mass is 158 g/mol. The van der Waals surface area contributed by atoms with Crippen LogP contribution in [0.25, 0.3) is 0 Å². The van der Waals surface area contributed by atoms with Crippen LogP contribution < -0.4 is 0 Å². The fraction of sp³-hybridized carbons (Fsp3) is 0.625. The average molecular weight is 158 g/mol. The van der Waals surface area contributed by atoms with E-state index in [-0.39, 0.29) is 12.7 Å². The van der Waals surface area contributed by atoms with Gasteiger partial charge in [-0.25, -0.2) is 4.79 Å². The van der Waals surface area contributed by atoms with Gasteiger partial charge >= 0.3 is 5.97 Å². The molecule has 0 aromatic heterocycles. The Hall–Kier alpha value is -0.830. The van der Waals surface area contributed by atoms with Gasteiger partial charge in [-0.3, -0.25) is 0 Å². The van der Waals surface area contributed by atoms with Gasteiger partial charge in [-0.15, -0.1) is 0 Å². The molecule has 0 heterocycles. The van der Waals surface area contributed by atoms with Crippen LogP contribution in [-0.4, -0.2) is 23.8 Å². The van der Waals surface area contributed by atoms with Crippen LogP contribution in [0.2, 0.25) is 0 Å². The number of esters is 1. The molecule has 0 aromatic carbocycles. The predicted octanol–water partition coefficient (Wildman–Crippen LogP) is 0.877. The number of carbonyl (C=O) groups is 1. The third kappa shape index (κ3) is 4.56. The maximum Gasteiger partial charge on any atom is 0.330 e. The highest BCUT2D eigenvalue weighted by molar-refractivity contribution is 5.81. The number of carbonyl (C=O) groups excluding carboxylic acids is 1. The topological polar surface area (TPSA) is 46.5 Å². The van der Waals surface area contributed by atoms with Crippen molar-refractivity contribution in [2.45, 2.75) is 26.4 Å². The van der Waals surface area contributed by atoms with Gasteiger partial charge in [0.15, 0.2) is 0 Å². The van der Waals surface area contributed by atoms with E-state index < -0.39 is 5.97 Å². The molecule has 0 saturated heterocycles. The largest absolute Gasteiger partial charge is 0.457 e. The second-order valence-electron chi connectivity index (χ2n) is 2.15. The standard InChI is InChI=1S/C8H14O3/c1-3-5-8(10)11-7(4-2)6-9/h3,5,7,9H,4,6H2,1-2H3/b5-3+. The van der Waals surface area contributed by atoms with Crippen molar-refractivity contribution in [2.24, 2.45) is 0 Å². The molecule has 64 valence electrons. The van der Waals surface area contributed by atoms with Crippen molar-refractivity contribution < 1.29 is 14.6 Å². The van der Waals surface area contributed by atoms with E-state index in [1.165, 1.54) is 6.08 Å². The normalized spacial score (nSPS) is 13.4. The van der Waals surface area contributed by atoms with Gasteiger partial charge in [0.2, 0.25) is 0 Å². The van der Waals surface area contributed by atoms with E-state index in [4.69, 9.17) is 9.84 Å². The Balaban J connectivity index is 3.71. The summed E-state index contributed by atoms with van der Waals surface area (Å²) in [5, 5.41) is 8.64. The van der Waals surface area contributed by atoms with Gasteiger partial charge < -0.3 is 9.84 Å². The van der Waals surface area contributed by atoms with Crippen LogP contribution in [0.3, 0.4) is 0 Å². The second kappa shape index (κ2) is 5.92. The Morgan fingerprint density at radius 3 is 2.73 bits per heavy atom. The van der Waals surface area contributed by atoms with E-state index in [2.05, 4.69) is 0 Å². The summed E-state index contributed by atoms with van der Waals surface area (Å²) in [5.74, 6) is -0.395. The molecule has 1 unspecified atom stereocenters. The van der Waals surface area contributed by atoms with E-state index in [9.17, 15) is 4.79 Å². The summed E-state index contributed by atoms with van der Waals surface area (Å²) in [4.78, 5) is 10.8. The molecule has 0 bridgehead atoms. The van der Waals surface area contributed by atoms with Crippen LogP contribution in [0.4, 0.5) is 0 Å². The predicted molar refractivity (Wildman–Crippen MR) is 42.1 cm³/mol. The van der Waals surface area contributed by atoms with Gasteiger partial charge in [-0.2, -0.15) is 0 Å². The molecule has 0 aliphatic carbocycles. The Morgan fingerprint density at radius 1 is 1.73 bits per heavy atom. The quantitative estimate of drug-likeness (QED) is 0.488. The first-order chi connectivity index (χ1) is 5.24. The summed E-state index contributed by atoms with van der Waals surface area (Å²) in [6.07, 6.45) is 3.21. The number of hydrogen-bond acceptors (Lipinski definition) is 3. The van der Waals surface area contributed by atoms with Crippen LogP contribution in [-0.2, 0) is 9.53 Å². The van der Waals surface area contributed by atoms with E-state index >= 15 is 0 Å². The number of rotatable bonds is 4. The highest BCUT2D eigenvalue weighted by atomic mass is 16.5. The minimum Gasteiger partial charge on any atom is -0.457 e. The fourth-order valence-corrected chi connectivity index (χ4v) is 0.589. The molecule has 0 aromatic rings. The first kappa shape index (κ1) is 10.2. The summed E-state index contributed by atoms with van der Waals surface area (Å²) >= 11 is 0. The summed E-state index contributed by atoms with van der Waals surface area (Å²) in [6.45, 7) is 3.48. The molecule has 0 fully saturated rings. The van der Waals surface area contributed by atoms with Gasteiger partial charge in [-0.1, -0.05) is 13.0 Å². The van der Waals surface area contributed by atoms with Gasteiger partial charge in [0.05, 0.1) is 6.61 Å². The zero-order valence-electron chi connectivity index (χ0n) is 6.91. The van der Waals surface area contributed by atoms with Gasteiger partial charge in [0, 0.05) is 6.08 Å². The molecular formula is C8H14O3. The Labute approximate surface area is 66.7 Å². The highest BCUT2D eigenvalue weighted by Crippen LogP contribution is 1.97. The number of ether oxygens (including phenoxy) is 1. The van der Waals surface area contributed by atoms with Crippen molar-refractivity contribution in [1.82, 2.24) is 0 Å². The number of hydrogen-bond donors (Lipinski definition) is 1. The fourth-order valence-electron chi connectivity index (χ4n) is 0.589. The molecule has 3 nitrogen and oxygen atoms in total. The summed E-state index contributed by atoms with van der Waals surface area (Å²) in [5.41, 5.74) is 0. The summed E-state index contributed by atoms with van der Waals surface area (Å²) in [6, 6.07) is 0. The lowest BCUT2D eigenvalue weighted by Crippen LogP contribution is -2.19. The first-order valence-corrected chi connectivity index (χ1v) is 3.68. The molecule has 0 spiro atoms. The van der Waals surface area contributed by atoms with Gasteiger partial charge in [-0.05, 0) is 13.3 Å². The third-order valence-corrected chi connectivity index (χ3v) is 1.24. The highest BCUT2D eigenvalue weighted by Gasteiger charge is 2.07. The Kier molecular flexibility index (Phi) is 5.47. The zero-order valence-corrected chi connectivity index (χ0v) is 6.91. The van der Waals surface area contributed by atoms with Crippen molar-refractivity contribution in [3.05, 3.63) is 12.2 Å². The summed E-state index contributed by atoms with van der Waals surface area (Å²) in [7, 11) is 0. The van der Waals surface area contributed by atoms with E-state index in [1.807, 2.05) is 6.92 Å². The lowest BCUT2D eigenvalue weighted by atomic mass is 10.3. The summed E-state index contributed by atoms with van der Waals surface area (Å²) < 4.78 is 4.81. The maximum atomic E-state index is 10.8. The van der Waals surface area contributed by atoms with Crippen molar-refractivity contribution in [2.75, 3.05) is 6.61 Å². The van der Waals surface area contributed by atoms with Crippen molar-refractivity contribution >= 4 is 5.97 Å². The molecule has 1 atom stereocenters. The molecule has 0 rings (SSSR count). The average Bonchev–Trinajstić information content (AvgIpc) is 2.01. The maximum absolute atomic E-state index is 10.8. The molecular weight excluding hydrogens is 144 g/mol. The number of aliphatic hydroxyl groups excluding tert-OH is 1. The van der Waals surface area contributed by atoms with E-state index in [0.717, 1.165) is 0 Å². The Bertz CT molecular complexity index is 136. The van der Waals surface area contributed by atoms with Crippen molar-refractivity contribution in [3.8, 4) is 0 Å². The second-order valence-corrected chi connectivity index (χ2v) is 2.15. The van der Waals surface area contributed by atoms with Crippen LogP contribution in [0.1, 0.15) is 20.3 Å². The number of aliphatic hydroxyl groups is 1. The molecule has 0 saturated carbocycles. The SMILES string of the molecule is C/C=C/C(=O)OC(CC)CO. The van der Waals surface area contributed by atoms with Crippen molar-refractivity contribution in [3.63, 3.8) is 0 Å². The third-order valence-electron chi connectivity index (χ3n) is 1.24. The lowest BCUT2D eigenvalue weighted by Gasteiger charge is -2.10. The number of allylic oxidation sites excluding steroid dienone is 1. The van der Waals surface area contributed by atoms with Gasteiger partial charge in [0.25, 0.3) is 0 Å². The molecule has 0 aliphatic rings. The first-order valence-electron chi connectivity index (χ1n) is 3.68. The smallest absolute Gasteiger partial charge is 0.330 e. The lowest BCUT2D eigenvalue weighted by molar-refractivity contribution is -0.145. The van der Waals surface area contributed by atoms with Crippen LogP contribution in [0.15, 0.2) is 12.2 Å². The Morgan fingerprint density at radius 2 is 2.36 bits per heavy atom. The van der Waals surface area contributed by atoms with Crippen molar-refractivity contribution in [1.29, 1.82) is 0 Å². The molecule has 0 radical (unpaired) electrons. The molecule has 11 heavy (non-hydrogen) atoms. The minimum atomic E-state index is -0.395. The molecule has 1 N–H and O–H groups in total. The van der Waals surface area contributed by atoms with Gasteiger partial charge in [0.1, 0.15) is 6.10 Å². The molecule has 0 aliphatic heterocycles. The van der Waals surface area contributed by atoms with Crippen LogP contribution in [0.5, 0.6) is 0 Å². The van der Waals surface area contributed by atoms with E-state index in [0.29, 0.717) is 6.42 Å². The molecule has 3 heteroatoms. The van der Waals surface area contributed by atoms with Crippen LogP contribution >= 0.6 is 0 Å². The molecule has 0 amide bonds. The zero-order chi connectivity index (χ0) is 8.69. The van der Waals surface area contributed by atoms with Crippen LogP contribution in [0, 0.1) is 0 Å². The minimum absolute atomic E-state index is 0.111.